The smallest absolute Gasteiger partial charge is 0.330 e. The molecule has 0 fully saturated rings. The van der Waals surface area contributed by atoms with Gasteiger partial charge in [-0.2, -0.15) is 13.2 Å². The fourth-order valence-electron chi connectivity index (χ4n) is 1.24. The summed E-state index contributed by atoms with van der Waals surface area (Å²) in [4.78, 5) is 0. The molecule has 8 heteroatoms. The molecule has 0 aliphatic carbocycles. The monoisotopic (exact) mass is 237 g/mol. The SMILES string of the molecule is NCCCCn1nnnc1CCC(F)(F)F. The number of tetrazole rings is 1. The van der Waals surface area contributed by atoms with Crippen LogP contribution in [0, 0.1) is 0 Å². The lowest BCUT2D eigenvalue weighted by Crippen LogP contribution is -2.13. The molecule has 16 heavy (non-hydrogen) atoms. The van der Waals surface area contributed by atoms with E-state index in [2.05, 4.69) is 15.5 Å². The van der Waals surface area contributed by atoms with Gasteiger partial charge in [-0.1, -0.05) is 0 Å². The van der Waals surface area contributed by atoms with E-state index in [0.717, 1.165) is 12.8 Å². The second-order valence-corrected chi connectivity index (χ2v) is 3.43. The molecule has 1 aromatic rings. The molecule has 0 saturated carbocycles. The van der Waals surface area contributed by atoms with Gasteiger partial charge >= 0.3 is 6.18 Å². The number of unbranched alkanes of at least 4 members (excludes halogenated alkanes) is 1. The van der Waals surface area contributed by atoms with Gasteiger partial charge in [0.05, 0.1) is 6.42 Å². The quantitative estimate of drug-likeness (QED) is 0.746. The Bertz CT molecular complexity index is 309. The fourth-order valence-corrected chi connectivity index (χ4v) is 1.24. The fraction of sp³-hybridized carbons (Fsp3) is 0.875. The summed E-state index contributed by atoms with van der Waals surface area (Å²) in [6.07, 6.45) is -3.68. The van der Waals surface area contributed by atoms with Gasteiger partial charge in [0.2, 0.25) is 0 Å². The van der Waals surface area contributed by atoms with E-state index >= 15 is 0 Å². The van der Waals surface area contributed by atoms with Crippen LogP contribution in [-0.2, 0) is 13.0 Å². The summed E-state index contributed by atoms with van der Waals surface area (Å²) in [5, 5.41) is 10.6. The van der Waals surface area contributed by atoms with E-state index in [0.29, 0.717) is 13.1 Å². The van der Waals surface area contributed by atoms with Crippen molar-refractivity contribution in [2.24, 2.45) is 5.73 Å². The highest BCUT2D eigenvalue weighted by Gasteiger charge is 2.27. The van der Waals surface area contributed by atoms with Crippen LogP contribution in [0.4, 0.5) is 13.2 Å². The molecule has 0 spiro atoms. The van der Waals surface area contributed by atoms with E-state index in [1.807, 2.05) is 0 Å². The Hall–Kier alpha value is -1.18. The first-order chi connectivity index (χ1) is 7.53. The van der Waals surface area contributed by atoms with E-state index < -0.39 is 12.6 Å². The van der Waals surface area contributed by atoms with Crippen molar-refractivity contribution in [3.05, 3.63) is 5.82 Å². The first-order valence-corrected chi connectivity index (χ1v) is 5.05. The second kappa shape index (κ2) is 5.78. The van der Waals surface area contributed by atoms with Crippen molar-refractivity contribution in [1.29, 1.82) is 0 Å². The van der Waals surface area contributed by atoms with E-state index in [1.165, 1.54) is 4.68 Å². The van der Waals surface area contributed by atoms with Crippen LogP contribution in [0.1, 0.15) is 25.1 Å². The zero-order valence-corrected chi connectivity index (χ0v) is 8.74. The third-order valence-electron chi connectivity index (χ3n) is 2.06. The minimum atomic E-state index is -4.17. The van der Waals surface area contributed by atoms with Crippen molar-refractivity contribution >= 4 is 0 Å². The van der Waals surface area contributed by atoms with Crippen molar-refractivity contribution in [2.75, 3.05) is 6.54 Å². The number of aryl methyl sites for hydroxylation is 2. The predicted molar refractivity (Wildman–Crippen MR) is 50.5 cm³/mol. The minimum Gasteiger partial charge on any atom is -0.330 e. The van der Waals surface area contributed by atoms with E-state index in [4.69, 9.17) is 5.73 Å². The molecule has 5 nitrogen and oxygen atoms in total. The molecule has 0 aromatic carbocycles. The normalized spacial score (nSPS) is 12.0. The lowest BCUT2D eigenvalue weighted by atomic mass is 10.2. The molecule has 0 unspecified atom stereocenters. The molecular weight excluding hydrogens is 223 g/mol. The van der Waals surface area contributed by atoms with E-state index in [-0.39, 0.29) is 12.2 Å². The van der Waals surface area contributed by atoms with Crippen LogP contribution in [0.2, 0.25) is 0 Å². The van der Waals surface area contributed by atoms with Crippen LogP contribution in [-0.4, -0.2) is 32.9 Å². The molecule has 92 valence electrons. The third kappa shape index (κ3) is 4.56. The van der Waals surface area contributed by atoms with Crippen LogP contribution < -0.4 is 5.73 Å². The van der Waals surface area contributed by atoms with Gasteiger partial charge in [0.1, 0.15) is 0 Å². The van der Waals surface area contributed by atoms with Gasteiger partial charge in [0, 0.05) is 13.0 Å². The number of halogens is 3. The Morgan fingerprint density at radius 2 is 2.00 bits per heavy atom. The lowest BCUT2D eigenvalue weighted by molar-refractivity contribution is -0.134. The first-order valence-electron chi connectivity index (χ1n) is 5.05. The van der Waals surface area contributed by atoms with Crippen molar-refractivity contribution in [3.8, 4) is 0 Å². The zero-order valence-electron chi connectivity index (χ0n) is 8.74. The first kappa shape index (κ1) is 12.9. The maximum Gasteiger partial charge on any atom is 0.389 e. The number of nitrogens with zero attached hydrogens (tertiary/aromatic N) is 4. The highest BCUT2D eigenvalue weighted by Crippen LogP contribution is 2.21. The topological polar surface area (TPSA) is 69.6 Å². The molecule has 0 amide bonds. The molecule has 1 rings (SSSR count). The van der Waals surface area contributed by atoms with E-state index in [9.17, 15) is 13.2 Å². The van der Waals surface area contributed by atoms with Crippen LogP contribution >= 0.6 is 0 Å². The van der Waals surface area contributed by atoms with Crippen molar-refractivity contribution in [2.45, 2.75) is 38.4 Å². The predicted octanol–water partition coefficient (Wildman–Crippen LogP) is 0.907. The number of alkyl halides is 3. The summed E-state index contributed by atoms with van der Waals surface area (Å²) in [6, 6.07) is 0. The molecule has 0 aliphatic heterocycles. The lowest BCUT2D eigenvalue weighted by Gasteiger charge is -2.06. The molecule has 0 radical (unpaired) electrons. The summed E-state index contributed by atoms with van der Waals surface area (Å²) in [5.74, 6) is 0.273. The molecule has 0 saturated heterocycles. The van der Waals surface area contributed by atoms with Crippen LogP contribution in [0.3, 0.4) is 0 Å². The summed E-state index contributed by atoms with van der Waals surface area (Å²) >= 11 is 0. The van der Waals surface area contributed by atoms with Crippen LogP contribution in [0.25, 0.3) is 0 Å². The number of nitrogens with two attached hydrogens (primary N) is 1. The zero-order chi connectivity index (χ0) is 12.0. The Balaban J connectivity index is 2.44. The van der Waals surface area contributed by atoms with Gasteiger partial charge in [-0.3, -0.25) is 0 Å². The minimum absolute atomic E-state index is 0.181. The van der Waals surface area contributed by atoms with Gasteiger partial charge in [-0.25, -0.2) is 4.68 Å². The molecule has 1 aromatic heterocycles. The molecule has 0 aliphatic rings. The van der Waals surface area contributed by atoms with Crippen molar-refractivity contribution < 1.29 is 13.2 Å². The highest BCUT2D eigenvalue weighted by atomic mass is 19.4. The number of hydrogen-bond donors (Lipinski definition) is 1. The molecule has 0 atom stereocenters. The standard InChI is InChI=1S/C8H14F3N5/c9-8(10,11)4-3-7-13-14-15-16(7)6-2-1-5-12/h1-6,12H2. The van der Waals surface area contributed by atoms with E-state index in [1.54, 1.807) is 0 Å². The van der Waals surface area contributed by atoms with Gasteiger partial charge in [-0.15, -0.1) is 5.10 Å². The number of aromatic nitrogens is 4. The largest absolute Gasteiger partial charge is 0.389 e. The van der Waals surface area contributed by atoms with Gasteiger partial charge in [-0.05, 0) is 29.8 Å². The number of hydrogen-bond acceptors (Lipinski definition) is 4. The van der Waals surface area contributed by atoms with Crippen LogP contribution in [0.15, 0.2) is 0 Å². The average Bonchev–Trinajstić information content (AvgIpc) is 2.62. The highest BCUT2D eigenvalue weighted by molar-refractivity contribution is 4.82. The Labute approximate surface area is 90.8 Å². The maximum atomic E-state index is 12.0. The maximum absolute atomic E-state index is 12.0. The van der Waals surface area contributed by atoms with Crippen molar-refractivity contribution in [3.63, 3.8) is 0 Å². The summed E-state index contributed by atoms with van der Waals surface area (Å²) in [7, 11) is 0. The van der Waals surface area contributed by atoms with Gasteiger partial charge in [0.25, 0.3) is 0 Å². The molecule has 1 heterocycles. The molecule has 2 N–H and O–H groups in total. The molecule has 0 bridgehead atoms. The third-order valence-corrected chi connectivity index (χ3v) is 2.06. The van der Waals surface area contributed by atoms with Gasteiger partial charge in [0.15, 0.2) is 5.82 Å². The Morgan fingerprint density at radius 3 is 2.62 bits per heavy atom. The summed E-state index contributed by atoms with van der Waals surface area (Å²) in [6.45, 7) is 1.07. The van der Waals surface area contributed by atoms with Crippen LogP contribution in [0.5, 0.6) is 0 Å². The van der Waals surface area contributed by atoms with Gasteiger partial charge < -0.3 is 5.73 Å². The molecular formula is C8H14F3N5. The Kier molecular flexibility index (Phi) is 4.66. The summed E-state index contributed by atoms with van der Waals surface area (Å²) in [5.41, 5.74) is 5.31. The van der Waals surface area contributed by atoms with Crippen molar-refractivity contribution in [1.82, 2.24) is 20.2 Å². The Morgan fingerprint density at radius 1 is 1.25 bits per heavy atom. The number of rotatable bonds is 6. The second-order valence-electron chi connectivity index (χ2n) is 3.43. The summed E-state index contributed by atoms with van der Waals surface area (Å²) < 4.78 is 37.4. The average molecular weight is 237 g/mol.